The number of anilines is 1. The van der Waals surface area contributed by atoms with Crippen LogP contribution in [0.5, 0.6) is 5.75 Å². The molecule has 0 heterocycles. The van der Waals surface area contributed by atoms with Crippen LogP contribution in [0.15, 0.2) is 18.2 Å². The van der Waals surface area contributed by atoms with Crippen LogP contribution in [0.3, 0.4) is 0 Å². The minimum absolute atomic E-state index is 0.0281. The number of carbonyl (C=O) groups is 1. The van der Waals surface area contributed by atoms with Crippen molar-refractivity contribution in [3.05, 3.63) is 23.8 Å². The van der Waals surface area contributed by atoms with E-state index in [4.69, 9.17) is 10.5 Å². The zero-order valence-corrected chi connectivity index (χ0v) is 11.8. The van der Waals surface area contributed by atoms with Crippen molar-refractivity contribution in [2.24, 2.45) is 5.92 Å². The summed E-state index contributed by atoms with van der Waals surface area (Å²) in [5.41, 5.74) is 6.94. The topological polar surface area (TPSA) is 55.6 Å². The molecule has 0 aliphatic heterocycles. The van der Waals surface area contributed by atoms with E-state index in [1.54, 1.807) is 25.3 Å². The van der Waals surface area contributed by atoms with Crippen LogP contribution in [0.1, 0.15) is 37.0 Å². The molecule has 1 aliphatic rings. The lowest BCUT2D eigenvalue weighted by atomic mass is 10.1. The maximum Gasteiger partial charge on any atom is 0.257 e. The molecule has 1 fully saturated rings. The second-order valence-electron chi connectivity index (χ2n) is 5.51. The third-order valence-electron chi connectivity index (χ3n) is 3.29. The highest BCUT2D eigenvalue weighted by Gasteiger charge is 2.34. The molecule has 4 nitrogen and oxygen atoms in total. The molecular formula is C15H22N2O2. The second kappa shape index (κ2) is 5.51. The van der Waals surface area contributed by atoms with Gasteiger partial charge in [-0.15, -0.1) is 0 Å². The zero-order valence-electron chi connectivity index (χ0n) is 11.8. The van der Waals surface area contributed by atoms with E-state index in [1.807, 2.05) is 4.90 Å². The van der Waals surface area contributed by atoms with Crippen molar-refractivity contribution in [2.45, 2.75) is 32.7 Å². The number of benzene rings is 1. The first-order chi connectivity index (χ1) is 9.04. The van der Waals surface area contributed by atoms with Gasteiger partial charge in [-0.2, -0.15) is 0 Å². The summed E-state index contributed by atoms with van der Waals surface area (Å²) in [7, 11) is 1.55. The van der Waals surface area contributed by atoms with Crippen LogP contribution in [-0.4, -0.2) is 30.5 Å². The van der Waals surface area contributed by atoms with Gasteiger partial charge < -0.3 is 15.4 Å². The highest BCUT2D eigenvalue weighted by molar-refractivity contribution is 5.99. The number of amides is 1. The summed E-state index contributed by atoms with van der Waals surface area (Å²) < 4.78 is 5.28. The Kier molecular flexibility index (Phi) is 3.98. The minimum atomic E-state index is 0.0281. The molecular weight excluding hydrogens is 240 g/mol. The second-order valence-corrected chi connectivity index (χ2v) is 5.51. The third-order valence-corrected chi connectivity index (χ3v) is 3.29. The van der Waals surface area contributed by atoms with Crippen molar-refractivity contribution in [1.29, 1.82) is 0 Å². The summed E-state index contributed by atoms with van der Waals surface area (Å²) >= 11 is 0. The molecule has 1 aromatic carbocycles. The molecule has 1 amide bonds. The van der Waals surface area contributed by atoms with Crippen LogP contribution < -0.4 is 10.5 Å². The smallest absolute Gasteiger partial charge is 0.257 e. The third kappa shape index (κ3) is 3.00. The summed E-state index contributed by atoms with van der Waals surface area (Å²) in [5.74, 6) is 0.971. The first-order valence-electron chi connectivity index (χ1n) is 6.78. The van der Waals surface area contributed by atoms with Gasteiger partial charge in [0.15, 0.2) is 5.75 Å². The van der Waals surface area contributed by atoms with Gasteiger partial charge in [-0.25, -0.2) is 0 Å². The van der Waals surface area contributed by atoms with E-state index < -0.39 is 0 Å². The predicted octanol–water partition coefficient (Wildman–Crippen LogP) is 2.54. The number of nitrogens with zero attached hydrogens (tertiary/aromatic N) is 1. The molecule has 2 N–H and O–H groups in total. The maximum absolute atomic E-state index is 12.7. The number of methoxy groups -OCH3 is 1. The van der Waals surface area contributed by atoms with Gasteiger partial charge in [-0.05, 0) is 30.9 Å². The van der Waals surface area contributed by atoms with Gasteiger partial charge >= 0.3 is 0 Å². The number of hydrogen-bond acceptors (Lipinski definition) is 3. The summed E-state index contributed by atoms with van der Waals surface area (Å²) in [6.45, 7) is 5.03. The molecule has 0 unspecified atom stereocenters. The Morgan fingerprint density at radius 1 is 1.47 bits per heavy atom. The fourth-order valence-electron chi connectivity index (χ4n) is 2.28. The Balaban J connectivity index is 2.28. The predicted molar refractivity (Wildman–Crippen MR) is 76.3 cm³/mol. The summed E-state index contributed by atoms with van der Waals surface area (Å²) in [6, 6.07) is 5.72. The largest absolute Gasteiger partial charge is 0.494 e. The zero-order chi connectivity index (χ0) is 14.0. The molecule has 1 saturated carbocycles. The molecule has 4 heteroatoms. The van der Waals surface area contributed by atoms with Crippen molar-refractivity contribution < 1.29 is 9.53 Å². The molecule has 104 valence electrons. The van der Waals surface area contributed by atoms with Gasteiger partial charge in [0, 0.05) is 12.6 Å². The van der Waals surface area contributed by atoms with Gasteiger partial charge in [0.25, 0.3) is 5.91 Å². The van der Waals surface area contributed by atoms with Crippen molar-refractivity contribution in [3.63, 3.8) is 0 Å². The minimum Gasteiger partial charge on any atom is -0.494 e. The van der Waals surface area contributed by atoms with Crippen molar-refractivity contribution >= 4 is 11.6 Å². The molecule has 19 heavy (non-hydrogen) atoms. The number of nitrogens with two attached hydrogens (primary N) is 1. The van der Waals surface area contributed by atoms with Crippen molar-refractivity contribution in [3.8, 4) is 5.75 Å². The van der Waals surface area contributed by atoms with Crippen LogP contribution in [0.2, 0.25) is 0 Å². The summed E-state index contributed by atoms with van der Waals surface area (Å²) in [4.78, 5) is 14.6. The lowest BCUT2D eigenvalue weighted by molar-refractivity contribution is 0.0719. The van der Waals surface area contributed by atoms with E-state index in [0.717, 1.165) is 19.4 Å². The lowest BCUT2D eigenvalue weighted by Gasteiger charge is -2.25. The quantitative estimate of drug-likeness (QED) is 0.830. The number of hydrogen-bond donors (Lipinski definition) is 1. The first kappa shape index (κ1) is 13.7. The van der Waals surface area contributed by atoms with E-state index in [0.29, 0.717) is 29.0 Å². The normalized spacial score (nSPS) is 14.5. The SMILES string of the molecule is COc1c(N)cccc1C(=O)N(CC(C)C)C1CC1. The molecule has 0 spiro atoms. The van der Waals surface area contributed by atoms with E-state index in [9.17, 15) is 4.79 Å². The molecule has 0 aromatic heterocycles. The Bertz CT molecular complexity index is 467. The average Bonchev–Trinajstić information content (AvgIpc) is 3.18. The highest BCUT2D eigenvalue weighted by Crippen LogP contribution is 2.32. The van der Waals surface area contributed by atoms with Crippen molar-refractivity contribution in [1.82, 2.24) is 4.90 Å². The van der Waals surface area contributed by atoms with E-state index in [2.05, 4.69) is 13.8 Å². The lowest BCUT2D eigenvalue weighted by Crippen LogP contribution is -2.36. The highest BCUT2D eigenvalue weighted by atomic mass is 16.5. The standard InChI is InChI=1S/C15H22N2O2/c1-10(2)9-17(11-7-8-11)15(18)12-5-4-6-13(16)14(12)19-3/h4-6,10-11H,7-9,16H2,1-3H3. The summed E-state index contributed by atoms with van der Waals surface area (Å²) in [6.07, 6.45) is 2.20. The monoisotopic (exact) mass is 262 g/mol. The molecule has 0 radical (unpaired) electrons. The molecule has 0 atom stereocenters. The Hall–Kier alpha value is -1.71. The van der Waals surface area contributed by atoms with Gasteiger partial charge in [0.05, 0.1) is 18.4 Å². The van der Waals surface area contributed by atoms with E-state index >= 15 is 0 Å². The van der Waals surface area contributed by atoms with Gasteiger partial charge in [-0.3, -0.25) is 4.79 Å². The summed E-state index contributed by atoms with van der Waals surface area (Å²) in [5, 5.41) is 0. The molecule has 0 saturated heterocycles. The number of carbonyl (C=O) groups excluding carboxylic acids is 1. The number of nitrogen functional groups attached to an aromatic ring is 1. The van der Waals surface area contributed by atoms with E-state index in [-0.39, 0.29) is 5.91 Å². The van der Waals surface area contributed by atoms with Gasteiger partial charge in [0.2, 0.25) is 0 Å². The van der Waals surface area contributed by atoms with E-state index in [1.165, 1.54) is 0 Å². The van der Waals surface area contributed by atoms with Crippen LogP contribution in [0.25, 0.3) is 0 Å². The van der Waals surface area contributed by atoms with Crippen LogP contribution >= 0.6 is 0 Å². The maximum atomic E-state index is 12.7. The van der Waals surface area contributed by atoms with Crippen LogP contribution in [-0.2, 0) is 0 Å². The van der Waals surface area contributed by atoms with Crippen LogP contribution in [0.4, 0.5) is 5.69 Å². The Labute approximate surface area is 114 Å². The van der Waals surface area contributed by atoms with Gasteiger partial charge in [-0.1, -0.05) is 19.9 Å². The number of rotatable bonds is 5. The molecule has 0 bridgehead atoms. The Morgan fingerprint density at radius 2 is 2.16 bits per heavy atom. The Morgan fingerprint density at radius 3 is 2.68 bits per heavy atom. The number of para-hydroxylation sites is 1. The van der Waals surface area contributed by atoms with Gasteiger partial charge in [0.1, 0.15) is 0 Å². The van der Waals surface area contributed by atoms with Crippen molar-refractivity contribution in [2.75, 3.05) is 19.4 Å². The number of ether oxygens (including phenoxy) is 1. The fraction of sp³-hybridized carbons (Fsp3) is 0.533. The van der Waals surface area contributed by atoms with Crippen LogP contribution in [0, 0.1) is 5.92 Å². The molecule has 1 aromatic rings. The first-order valence-corrected chi connectivity index (χ1v) is 6.78. The fourth-order valence-corrected chi connectivity index (χ4v) is 2.28. The average molecular weight is 262 g/mol. The molecule has 2 rings (SSSR count). The molecule has 1 aliphatic carbocycles.